The molecule has 1 unspecified atom stereocenters. The lowest BCUT2D eigenvalue weighted by molar-refractivity contribution is 0.582. The van der Waals surface area contributed by atoms with Crippen LogP contribution in [0.15, 0.2) is 59.5 Å². The van der Waals surface area contributed by atoms with Gasteiger partial charge in [0.2, 0.25) is 0 Å². The standard InChI is InChI=1S/C16H17NO2S/c18-20(19,15-7-2-1-3-8-15)12-14-11-10-13-6-4-5-9-16(13)17-14/h1-9,14,17H,10-12H2. The Kier molecular flexibility index (Phi) is 3.49. The van der Waals surface area contributed by atoms with Crippen LogP contribution in [0.3, 0.4) is 0 Å². The molecule has 0 spiro atoms. The van der Waals surface area contributed by atoms with Crippen LogP contribution in [0.2, 0.25) is 0 Å². The van der Waals surface area contributed by atoms with Crippen LogP contribution in [-0.4, -0.2) is 20.2 Å². The molecule has 1 aliphatic rings. The highest BCUT2D eigenvalue weighted by Crippen LogP contribution is 2.25. The quantitative estimate of drug-likeness (QED) is 0.944. The van der Waals surface area contributed by atoms with E-state index in [0.717, 1.165) is 18.5 Å². The molecule has 4 heteroatoms. The number of sulfone groups is 1. The van der Waals surface area contributed by atoms with Crippen LogP contribution in [0.5, 0.6) is 0 Å². The predicted molar refractivity (Wildman–Crippen MR) is 80.7 cm³/mol. The smallest absolute Gasteiger partial charge is 0.180 e. The maximum absolute atomic E-state index is 12.4. The highest BCUT2D eigenvalue weighted by molar-refractivity contribution is 7.91. The molecule has 0 fully saturated rings. The maximum atomic E-state index is 12.4. The number of anilines is 1. The Bertz CT molecular complexity index is 695. The van der Waals surface area contributed by atoms with Gasteiger partial charge in [0.05, 0.1) is 10.6 Å². The Morgan fingerprint density at radius 3 is 2.50 bits per heavy atom. The van der Waals surface area contributed by atoms with E-state index in [0.29, 0.717) is 4.90 Å². The van der Waals surface area contributed by atoms with Gasteiger partial charge in [-0.2, -0.15) is 0 Å². The van der Waals surface area contributed by atoms with Crippen molar-refractivity contribution in [1.82, 2.24) is 0 Å². The molecule has 0 aromatic heterocycles. The summed E-state index contributed by atoms with van der Waals surface area (Å²) in [5.41, 5.74) is 2.33. The largest absolute Gasteiger partial charge is 0.381 e. The molecule has 3 nitrogen and oxygen atoms in total. The molecule has 20 heavy (non-hydrogen) atoms. The molecule has 0 bridgehead atoms. The molecule has 1 N–H and O–H groups in total. The molecule has 0 saturated carbocycles. The summed E-state index contributed by atoms with van der Waals surface area (Å²) in [6.07, 6.45) is 1.78. The van der Waals surface area contributed by atoms with Crippen molar-refractivity contribution in [2.24, 2.45) is 0 Å². The van der Waals surface area contributed by atoms with Crippen LogP contribution in [0.4, 0.5) is 5.69 Å². The number of aryl methyl sites for hydroxylation is 1. The summed E-state index contributed by atoms with van der Waals surface area (Å²) in [5.74, 6) is 0.144. The van der Waals surface area contributed by atoms with Gasteiger partial charge in [0.15, 0.2) is 9.84 Å². The SMILES string of the molecule is O=S(=O)(CC1CCc2ccccc2N1)c1ccccc1. The first-order valence-electron chi connectivity index (χ1n) is 6.77. The van der Waals surface area contributed by atoms with Gasteiger partial charge in [0.1, 0.15) is 0 Å². The van der Waals surface area contributed by atoms with Gasteiger partial charge in [-0.1, -0.05) is 36.4 Å². The lowest BCUT2D eigenvalue weighted by Gasteiger charge is -2.26. The number of para-hydroxylation sites is 1. The van der Waals surface area contributed by atoms with E-state index in [-0.39, 0.29) is 11.8 Å². The van der Waals surface area contributed by atoms with Crippen molar-refractivity contribution in [3.63, 3.8) is 0 Å². The third-order valence-corrected chi connectivity index (χ3v) is 5.49. The topological polar surface area (TPSA) is 46.2 Å². The molecule has 3 rings (SSSR count). The Morgan fingerprint density at radius 2 is 1.70 bits per heavy atom. The number of nitrogens with one attached hydrogen (secondary N) is 1. The summed E-state index contributed by atoms with van der Waals surface area (Å²) >= 11 is 0. The molecule has 1 atom stereocenters. The van der Waals surface area contributed by atoms with Crippen LogP contribution in [-0.2, 0) is 16.3 Å². The Hall–Kier alpha value is -1.81. The van der Waals surface area contributed by atoms with Crippen molar-refractivity contribution in [2.45, 2.75) is 23.8 Å². The second kappa shape index (κ2) is 5.29. The summed E-state index contributed by atoms with van der Waals surface area (Å²) in [5, 5.41) is 3.34. The third-order valence-electron chi connectivity index (χ3n) is 3.66. The number of benzene rings is 2. The summed E-state index contributed by atoms with van der Waals surface area (Å²) in [4.78, 5) is 0.403. The van der Waals surface area contributed by atoms with Crippen LogP contribution in [0.1, 0.15) is 12.0 Å². The zero-order valence-corrected chi connectivity index (χ0v) is 11.9. The van der Waals surface area contributed by atoms with E-state index in [1.165, 1.54) is 5.56 Å². The average molecular weight is 287 g/mol. The summed E-state index contributed by atoms with van der Waals surface area (Å²) in [6.45, 7) is 0. The van der Waals surface area contributed by atoms with Crippen LogP contribution < -0.4 is 5.32 Å². The molecule has 0 amide bonds. The number of rotatable bonds is 3. The van der Waals surface area contributed by atoms with E-state index in [9.17, 15) is 8.42 Å². The van der Waals surface area contributed by atoms with Gasteiger partial charge < -0.3 is 5.32 Å². The van der Waals surface area contributed by atoms with E-state index in [1.54, 1.807) is 24.3 Å². The molecule has 1 heterocycles. The van der Waals surface area contributed by atoms with Crippen molar-refractivity contribution in [2.75, 3.05) is 11.1 Å². The minimum absolute atomic E-state index is 0.0184. The molecule has 104 valence electrons. The van der Waals surface area contributed by atoms with E-state index < -0.39 is 9.84 Å². The van der Waals surface area contributed by atoms with Crippen molar-refractivity contribution in [3.05, 3.63) is 60.2 Å². The highest BCUT2D eigenvalue weighted by atomic mass is 32.2. The van der Waals surface area contributed by atoms with Gasteiger partial charge in [0, 0.05) is 11.7 Å². The Labute approximate surface area is 119 Å². The second-order valence-corrected chi connectivity index (χ2v) is 7.17. The summed E-state index contributed by atoms with van der Waals surface area (Å²) in [7, 11) is -3.22. The summed E-state index contributed by atoms with van der Waals surface area (Å²) in [6, 6.07) is 16.7. The Balaban J connectivity index is 1.77. The Morgan fingerprint density at radius 1 is 1.00 bits per heavy atom. The van der Waals surface area contributed by atoms with Gasteiger partial charge >= 0.3 is 0 Å². The predicted octanol–water partition coefficient (Wildman–Crippen LogP) is 2.89. The van der Waals surface area contributed by atoms with Crippen molar-refractivity contribution in [1.29, 1.82) is 0 Å². The van der Waals surface area contributed by atoms with Crippen molar-refractivity contribution < 1.29 is 8.42 Å². The van der Waals surface area contributed by atoms with Crippen molar-refractivity contribution >= 4 is 15.5 Å². The number of fused-ring (bicyclic) bond motifs is 1. The van der Waals surface area contributed by atoms with E-state index >= 15 is 0 Å². The fraction of sp³-hybridized carbons (Fsp3) is 0.250. The van der Waals surface area contributed by atoms with Gasteiger partial charge in [-0.05, 0) is 36.6 Å². The molecule has 0 radical (unpaired) electrons. The zero-order chi connectivity index (χ0) is 14.0. The number of hydrogen-bond donors (Lipinski definition) is 1. The zero-order valence-electron chi connectivity index (χ0n) is 11.1. The molecule has 2 aromatic carbocycles. The number of hydrogen-bond acceptors (Lipinski definition) is 3. The van der Waals surface area contributed by atoms with Gasteiger partial charge in [-0.3, -0.25) is 0 Å². The molecular formula is C16H17NO2S. The van der Waals surface area contributed by atoms with Crippen molar-refractivity contribution in [3.8, 4) is 0 Å². The first kappa shape index (κ1) is 13.2. The second-order valence-electron chi connectivity index (χ2n) is 5.13. The van der Waals surface area contributed by atoms with Crippen LogP contribution >= 0.6 is 0 Å². The first-order valence-corrected chi connectivity index (χ1v) is 8.43. The fourth-order valence-electron chi connectivity index (χ4n) is 2.61. The lowest BCUT2D eigenvalue weighted by atomic mass is 9.99. The average Bonchev–Trinajstić information content (AvgIpc) is 2.48. The van der Waals surface area contributed by atoms with Gasteiger partial charge in [-0.15, -0.1) is 0 Å². The van der Waals surface area contributed by atoms with E-state index in [2.05, 4.69) is 11.4 Å². The minimum Gasteiger partial charge on any atom is -0.381 e. The first-order chi connectivity index (χ1) is 9.65. The van der Waals surface area contributed by atoms with Crippen LogP contribution in [0.25, 0.3) is 0 Å². The highest BCUT2D eigenvalue weighted by Gasteiger charge is 2.24. The van der Waals surface area contributed by atoms with Gasteiger partial charge in [0.25, 0.3) is 0 Å². The molecule has 0 aliphatic carbocycles. The normalized spacial score (nSPS) is 18.1. The molecule has 1 aliphatic heterocycles. The van der Waals surface area contributed by atoms with E-state index in [4.69, 9.17) is 0 Å². The van der Waals surface area contributed by atoms with E-state index in [1.807, 2.05) is 24.3 Å². The monoisotopic (exact) mass is 287 g/mol. The maximum Gasteiger partial charge on any atom is 0.180 e. The summed E-state index contributed by atoms with van der Waals surface area (Å²) < 4.78 is 24.7. The fourth-order valence-corrected chi connectivity index (χ4v) is 4.16. The molecular weight excluding hydrogens is 270 g/mol. The molecule has 0 saturated heterocycles. The minimum atomic E-state index is -3.22. The lowest BCUT2D eigenvalue weighted by Crippen LogP contribution is -2.32. The van der Waals surface area contributed by atoms with Crippen LogP contribution in [0, 0.1) is 0 Å². The third kappa shape index (κ3) is 2.70. The van der Waals surface area contributed by atoms with Gasteiger partial charge in [-0.25, -0.2) is 8.42 Å². The molecule has 2 aromatic rings.